The number of amides is 7. The number of nitrogens with two attached hydrogens (primary N) is 3. The molecule has 2 spiro atoms. The summed E-state index contributed by atoms with van der Waals surface area (Å²) in [5, 5.41) is 55.0. The lowest BCUT2D eigenvalue weighted by atomic mass is 9.47. The molecule has 4 heterocycles. The molecule has 12 N–H and O–H groups in total. The van der Waals surface area contributed by atoms with Crippen molar-refractivity contribution in [2.24, 2.45) is 39.9 Å². The van der Waals surface area contributed by atoms with E-state index in [1.54, 1.807) is 32.4 Å². The normalized spacial score (nSPS) is 23.9. The van der Waals surface area contributed by atoms with Crippen LogP contribution in [0.25, 0.3) is 0 Å². The first kappa shape index (κ1) is 79.2. The Morgan fingerprint density at radius 3 is 1.27 bits per heavy atom. The molecule has 6 saturated carbocycles. The molecule has 2 aromatic heterocycles. The van der Waals surface area contributed by atoms with E-state index in [2.05, 4.69) is 36.6 Å². The zero-order valence-electron chi connectivity index (χ0n) is 60.5. The number of ketones is 2. The Bertz CT molecular complexity index is 4190. The number of nitrogens with one attached hydrogen (secondary N) is 3. The van der Waals surface area contributed by atoms with Gasteiger partial charge in [-0.25, -0.2) is 31.0 Å². The molecule has 0 unspecified atom stereocenters. The fourth-order valence-electron chi connectivity index (χ4n) is 17.3. The van der Waals surface area contributed by atoms with Gasteiger partial charge in [0.2, 0.25) is 35.2 Å². The summed E-state index contributed by atoms with van der Waals surface area (Å²) in [6.07, 6.45) is 23.6. The summed E-state index contributed by atoms with van der Waals surface area (Å²) in [6, 6.07) is 5.66. The van der Waals surface area contributed by atoms with E-state index in [-0.39, 0.29) is 69.5 Å². The van der Waals surface area contributed by atoms with Crippen molar-refractivity contribution in [3.63, 3.8) is 0 Å². The molecule has 0 radical (unpaired) electrons. The zero-order valence-corrected chi connectivity index (χ0v) is 62.1. The Hall–Kier alpha value is -8.40. The summed E-state index contributed by atoms with van der Waals surface area (Å²) in [5.41, 5.74) is 12.9. The highest BCUT2D eigenvalue weighted by molar-refractivity contribution is 7.91. The zero-order chi connectivity index (χ0) is 76.6. The summed E-state index contributed by atoms with van der Waals surface area (Å²) in [6.45, 7) is 6.54. The molecule has 2 aromatic carbocycles. The first-order valence-corrected chi connectivity index (χ1v) is 40.0. The fourth-order valence-corrected chi connectivity index (χ4v) is 18.6. The van der Waals surface area contributed by atoms with Gasteiger partial charge in [0, 0.05) is 44.0 Å². The lowest BCUT2D eigenvalue weighted by Crippen LogP contribution is -2.71. The standard InChI is InChI=1S/C36H49N7O8S.C28H43N7O5.C8H8O4S/c1-34(2,49)28-18-38-41-43(28)24-17-27(32(47)40-36(29(44)30(37)45)20-35(21-36)14-7-15-35)42(19-24)33(48)26(16-22-8-5-4-6-9-22)39-31(46)23-10-12-25(13-11-23)52(3,50)51;1-26(2,40)21-13-31-33-35(21)18-12-20(34(14-18)25(39)19(29)11-17-7-4-3-5-8-17)24(38)32-28(22(36)23(30)37)15-27(16-28)9-6-10-27;1-13(11,12)7-4-2-6(3-5-7)8(9)10/h10-13,18,22,24,26-27,49H,4-9,14-17,19-21H2,1-3H3,(H2,37,45)(H,39,46)(H,40,47);13,17-20,40H,3-12,14-16,29H2,1-2H3,(H2,30,37)(H,32,38);2-5H,1H3,(H,9,10)/t24-,26+,27-;18-,19+,20-;/m00./s1. The second-order valence-corrected chi connectivity index (χ2v) is 36.0. The SMILES string of the molecule is CC(C)(O)c1cnnn1[C@H]1C[C@@H](C(=O)NC2(C(=O)C(N)=O)CC3(CCC3)C2)N(C(=O)[C@@H](CC2CCCCC2)NC(=O)c2ccc(S(C)(=O)=O)cc2)C1.CC(C)(O)c1cnnn1[C@H]1C[C@@H](C(=O)NC2(C(=O)C(N)=O)CC3(CCC3)C2)N(C(=O)[C@H](N)CC2CCCCC2)C1.CS(=O)(=O)c1ccc(C(=O)O)cc1. The van der Waals surface area contributed by atoms with Gasteiger partial charge in [-0.1, -0.05) is 87.5 Å². The van der Waals surface area contributed by atoms with Crippen LogP contribution in [0.4, 0.5) is 0 Å². The number of aromatic carboxylic acids is 1. The van der Waals surface area contributed by atoms with E-state index in [9.17, 15) is 75.0 Å². The highest BCUT2D eigenvalue weighted by Gasteiger charge is 2.65. The maximum atomic E-state index is 14.7. The third kappa shape index (κ3) is 17.7. The van der Waals surface area contributed by atoms with Gasteiger partial charge >= 0.3 is 5.97 Å². The van der Waals surface area contributed by atoms with Gasteiger partial charge in [0.15, 0.2) is 19.7 Å². The molecule has 6 atom stereocenters. The monoisotopic (exact) mass is 1500 g/mol. The van der Waals surface area contributed by atoms with Crippen molar-refractivity contribution in [1.82, 2.24) is 55.7 Å². The third-order valence-corrected chi connectivity index (χ3v) is 25.3. The predicted octanol–water partition coefficient (Wildman–Crippen LogP) is 3.30. The van der Waals surface area contributed by atoms with Crippen LogP contribution in [-0.4, -0.2) is 192 Å². The molecule has 105 heavy (non-hydrogen) atoms. The number of sulfone groups is 2. The number of rotatable bonds is 23. The van der Waals surface area contributed by atoms with Gasteiger partial charge in [-0.15, -0.1) is 10.2 Å². The first-order valence-electron chi connectivity index (χ1n) is 36.3. The maximum absolute atomic E-state index is 14.7. The Balaban J connectivity index is 0.000000196. The number of aromatic nitrogens is 6. The van der Waals surface area contributed by atoms with Crippen LogP contribution in [-0.2, 0) is 69.2 Å². The number of Topliss-reactive ketones (excluding diaryl/α,β-unsaturated/α-hetero) is 2. The fraction of sp³-hybridized carbons (Fsp3) is 0.639. The summed E-state index contributed by atoms with van der Waals surface area (Å²) in [7, 11) is -6.73. The van der Waals surface area contributed by atoms with Crippen LogP contribution in [0.3, 0.4) is 0 Å². The number of carbonyl (C=O) groups excluding carboxylic acids is 9. The number of hydrogen-bond donors (Lipinski definition) is 9. The topological polar surface area (TPSA) is 482 Å². The van der Waals surface area contributed by atoms with E-state index >= 15 is 0 Å². The average molecular weight is 1500 g/mol. The number of likely N-dealkylation sites (tertiary alicyclic amines) is 2. The number of benzene rings is 2. The third-order valence-electron chi connectivity index (χ3n) is 23.0. The van der Waals surface area contributed by atoms with Crippen LogP contribution in [0, 0.1) is 22.7 Å². The molecule has 8 fully saturated rings. The molecular weight excluding hydrogens is 1400 g/mol. The van der Waals surface area contributed by atoms with Crippen LogP contribution in [0.1, 0.15) is 226 Å². The summed E-state index contributed by atoms with van der Waals surface area (Å²) in [5.74, 6) is -6.94. The molecule has 12 rings (SSSR count). The smallest absolute Gasteiger partial charge is 0.335 e. The molecule has 0 bridgehead atoms. The molecule has 572 valence electrons. The quantitative estimate of drug-likeness (QED) is 0.0481. The lowest BCUT2D eigenvalue weighted by molar-refractivity contribution is -0.156. The molecule has 33 heteroatoms. The molecule has 2 saturated heterocycles. The number of carboxylic acid groups (broad SMARTS) is 1. The minimum absolute atomic E-state index is 0.00976. The Morgan fingerprint density at radius 1 is 0.552 bits per heavy atom. The maximum Gasteiger partial charge on any atom is 0.335 e. The van der Waals surface area contributed by atoms with Gasteiger partial charge in [-0.2, -0.15) is 0 Å². The summed E-state index contributed by atoms with van der Waals surface area (Å²) >= 11 is 0. The van der Waals surface area contributed by atoms with Gasteiger partial charge in [0.05, 0.1) is 57.3 Å². The second-order valence-electron chi connectivity index (χ2n) is 32.0. The van der Waals surface area contributed by atoms with E-state index in [0.717, 1.165) is 109 Å². The Morgan fingerprint density at radius 2 is 0.924 bits per heavy atom. The number of hydrogen-bond acceptors (Lipinski definition) is 21. The number of carboxylic acids is 1. The molecule has 31 nitrogen and oxygen atoms in total. The minimum Gasteiger partial charge on any atom is -0.478 e. The molecule has 6 aliphatic carbocycles. The van der Waals surface area contributed by atoms with Gasteiger partial charge in [0.25, 0.3) is 17.7 Å². The van der Waals surface area contributed by atoms with Crippen molar-refractivity contribution in [2.45, 2.75) is 250 Å². The van der Waals surface area contributed by atoms with Crippen LogP contribution < -0.4 is 33.2 Å². The van der Waals surface area contributed by atoms with Gasteiger partial charge in [0.1, 0.15) is 40.4 Å². The Kier molecular flexibility index (Phi) is 23.2. The van der Waals surface area contributed by atoms with E-state index in [4.69, 9.17) is 22.3 Å². The van der Waals surface area contributed by atoms with Gasteiger partial charge in [-0.3, -0.25) is 43.2 Å². The van der Waals surface area contributed by atoms with Crippen LogP contribution in [0.2, 0.25) is 0 Å². The second kappa shape index (κ2) is 30.8. The number of aliphatic hydroxyl groups is 2. The minimum atomic E-state index is -3.49. The predicted molar refractivity (Wildman–Crippen MR) is 378 cm³/mol. The van der Waals surface area contributed by atoms with Gasteiger partial charge < -0.3 is 58.3 Å². The van der Waals surface area contributed by atoms with E-state index in [1.807, 2.05) is 0 Å². The van der Waals surface area contributed by atoms with E-state index < -0.39 is 131 Å². The first-order chi connectivity index (χ1) is 49.2. The van der Waals surface area contributed by atoms with Crippen molar-refractivity contribution in [3.05, 3.63) is 83.4 Å². The van der Waals surface area contributed by atoms with Crippen molar-refractivity contribution in [1.29, 1.82) is 0 Å². The highest BCUT2D eigenvalue weighted by atomic mass is 32.2. The van der Waals surface area contributed by atoms with Crippen LogP contribution in [0.15, 0.2) is 70.7 Å². The van der Waals surface area contributed by atoms with Crippen molar-refractivity contribution >= 4 is 78.6 Å². The molecule has 8 aliphatic rings. The molecule has 2 aliphatic heterocycles. The summed E-state index contributed by atoms with van der Waals surface area (Å²) < 4.78 is 49.0. The average Bonchev–Trinajstić information content (AvgIpc) is 0.919. The highest BCUT2D eigenvalue weighted by Crippen LogP contribution is 2.62. The van der Waals surface area contributed by atoms with Crippen LogP contribution in [0.5, 0.6) is 0 Å². The number of nitrogens with zero attached hydrogens (tertiary/aromatic N) is 8. The molecule has 7 amide bonds. The lowest BCUT2D eigenvalue weighted by Gasteiger charge is -2.60. The van der Waals surface area contributed by atoms with E-state index in [0.29, 0.717) is 55.8 Å². The Labute approximate surface area is 610 Å². The number of carbonyl (C=O) groups is 10. The summed E-state index contributed by atoms with van der Waals surface area (Å²) in [4.78, 5) is 134. The largest absolute Gasteiger partial charge is 0.478 e. The van der Waals surface area contributed by atoms with Crippen molar-refractivity contribution in [2.75, 3.05) is 25.6 Å². The van der Waals surface area contributed by atoms with E-state index in [1.165, 1.54) is 81.8 Å². The molecule has 4 aromatic rings. The van der Waals surface area contributed by atoms with Crippen molar-refractivity contribution in [3.8, 4) is 0 Å². The molecular formula is C72H100N14O17S2. The van der Waals surface area contributed by atoms with Gasteiger partial charge in [-0.05, 0) is 163 Å². The number of primary amides is 2. The van der Waals surface area contributed by atoms with Crippen LogP contribution >= 0.6 is 0 Å². The van der Waals surface area contributed by atoms with Crippen molar-refractivity contribution < 1.29 is 80.1 Å².